The molecule has 30 heavy (non-hydrogen) atoms. The van der Waals surface area contributed by atoms with Crippen LogP contribution in [-0.4, -0.2) is 18.5 Å². The average molecular weight is 421 g/mol. The molecule has 0 atom stereocenters. The predicted octanol–water partition coefficient (Wildman–Crippen LogP) is 5.64. The Hall–Kier alpha value is -3.25. The summed E-state index contributed by atoms with van der Waals surface area (Å²) in [6.45, 7) is 6.27. The van der Waals surface area contributed by atoms with Crippen molar-refractivity contribution in [3.05, 3.63) is 78.5 Å². The molecule has 3 N–H and O–H groups in total. The normalized spacial score (nSPS) is 12.2. The molecule has 0 radical (unpaired) electrons. The number of H-pyrrole nitrogens is 1. The van der Waals surface area contributed by atoms with Crippen LogP contribution < -0.4 is 4.72 Å². The second-order valence-electron chi connectivity index (χ2n) is 8.39. The number of phenolic OH excluding ortho intramolecular Hbond substituents is 1. The molecule has 0 saturated heterocycles. The van der Waals surface area contributed by atoms with Crippen LogP contribution in [0.4, 0.5) is 5.69 Å². The van der Waals surface area contributed by atoms with E-state index in [1.165, 1.54) is 0 Å². The first-order valence-corrected chi connectivity index (χ1v) is 11.2. The second kappa shape index (κ2) is 7.22. The van der Waals surface area contributed by atoms with Crippen molar-refractivity contribution in [2.75, 3.05) is 4.72 Å². The van der Waals surface area contributed by atoms with E-state index in [1.807, 2.05) is 42.6 Å². The molecule has 154 valence electrons. The third-order valence-corrected chi connectivity index (χ3v) is 6.54. The van der Waals surface area contributed by atoms with Gasteiger partial charge in [0.05, 0.1) is 4.90 Å². The Labute approximate surface area is 176 Å². The summed E-state index contributed by atoms with van der Waals surface area (Å²) in [4.78, 5) is 3.43. The number of aromatic hydroxyl groups is 1. The lowest BCUT2D eigenvalue weighted by Gasteiger charge is -2.19. The van der Waals surface area contributed by atoms with Gasteiger partial charge in [0.1, 0.15) is 5.75 Å². The summed E-state index contributed by atoms with van der Waals surface area (Å²) < 4.78 is 28.4. The van der Waals surface area contributed by atoms with Gasteiger partial charge in [0, 0.05) is 28.4 Å². The Kier molecular flexibility index (Phi) is 4.82. The number of anilines is 1. The molecule has 0 bridgehead atoms. The van der Waals surface area contributed by atoms with Crippen molar-refractivity contribution in [2.24, 2.45) is 0 Å². The van der Waals surface area contributed by atoms with Crippen LogP contribution >= 0.6 is 0 Å². The van der Waals surface area contributed by atoms with E-state index in [1.54, 1.807) is 30.3 Å². The lowest BCUT2D eigenvalue weighted by Crippen LogP contribution is -2.14. The van der Waals surface area contributed by atoms with Gasteiger partial charge in [0.2, 0.25) is 0 Å². The number of nitrogens with one attached hydrogen (secondary N) is 2. The highest BCUT2D eigenvalue weighted by atomic mass is 32.2. The highest BCUT2D eigenvalue weighted by Crippen LogP contribution is 2.32. The molecule has 0 aliphatic carbocycles. The van der Waals surface area contributed by atoms with Crippen molar-refractivity contribution in [1.29, 1.82) is 0 Å². The van der Waals surface area contributed by atoms with E-state index < -0.39 is 10.0 Å². The van der Waals surface area contributed by atoms with Crippen LogP contribution in [0.3, 0.4) is 0 Å². The fourth-order valence-corrected chi connectivity index (χ4v) is 4.46. The zero-order valence-electron chi connectivity index (χ0n) is 17.1. The van der Waals surface area contributed by atoms with Gasteiger partial charge in [-0.15, -0.1) is 0 Å². The zero-order valence-corrected chi connectivity index (χ0v) is 17.9. The summed E-state index contributed by atoms with van der Waals surface area (Å²) in [6, 6.07) is 19.3. The van der Waals surface area contributed by atoms with E-state index >= 15 is 0 Å². The van der Waals surface area contributed by atoms with E-state index in [0.717, 1.165) is 27.6 Å². The Bertz CT molecular complexity index is 1300. The molecule has 6 heteroatoms. The van der Waals surface area contributed by atoms with Gasteiger partial charge >= 0.3 is 0 Å². The number of aromatic amines is 1. The molecule has 0 spiro atoms. The van der Waals surface area contributed by atoms with Gasteiger partial charge in [0.15, 0.2) is 0 Å². The summed E-state index contributed by atoms with van der Waals surface area (Å²) in [7, 11) is -3.70. The van der Waals surface area contributed by atoms with Gasteiger partial charge in [-0.25, -0.2) is 8.42 Å². The van der Waals surface area contributed by atoms with Crippen molar-refractivity contribution >= 4 is 26.6 Å². The number of phenols is 1. The molecule has 4 aromatic rings. The maximum absolute atomic E-state index is 12.9. The fourth-order valence-electron chi connectivity index (χ4n) is 3.41. The zero-order chi connectivity index (χ0) is 21.5. The number of aromatic nitrogens is 1. The highest BCUT2D eigenvalue weighted by molar-refractivity contribution is 7.92. The van der Waals surface area contributed by atoms with E-state index in [-0.39, 0.29) is 16.1 Å². The molecule has 5 nitrogen and oxygen atoms in total. The lowest BCUT2D eigenvalue weighted by atomic mass is 9.87. The highest BCUT2D eigenvalue weighted by Gasteiger charge is 2.18. The molecular formula is C24H24N2O3S. The molecular weight excluding hydrogens is 396 g/mol. The minimum absolute atomic E-state index is 0.0420. The topological polar surface area (TPSA) is 82.2 Å². The van der Waals surface area contributed by atoms with Crippen LogP contribution in [0.15, 0.2) is 77.8 Å². The van der Waals surface area contributed by atoms with E-state index in [0.29, 0.717) is 5.69 Å². The molecule has 0 unspecified atom stereocenters. The largest absolute Gasteiger partial charge is 0.508 e. The monoisotopic (exact) mass is 420 g/mol. The van der Waals surface area contributed by atoms with E-state index in [2.05, 4.69) is 30.5 Å². The number of rotatable bonds is 4. The van der Waals surface area contributed by atoms with Crippen molar-refractivity contribution in [2.45, 2.75) is 31.1 Å². The quantitative estimate of drug-likeness (QED) is 0.400. The lowest BCUT2D eigenvalue weighted by molar-refractivity contribution is 0.475. The average Bonchev–Trinajstić information content (AvgIpc) is 3.11. The van der Waals surface area contributed by atoms with Crippen LogP contribution in [-0.2, 0) is 15.4 Å². The third-order valence-electron chi connectivity index (χ3n) is 5.14. The Morgan fingerprint density at radius 3 is 2.20 bits per heavy atom. The first-order valence-electron chi connectivity index (χ1n) is 9.67. The minimum Gasteiger partial charge on any atom is -0.508 e. The number of hydrogen-bond acceptors (Lipinski definition) is 3. The van der Waals surface area contributed by atoms with Crippen LogP contribution in [0.5, 0.6) is 5.75 Å². The number of fused-ring (bicyclic) bond motifs is 1. The molecule has 0 aliphatic rings. The molecule has 4 rings (SSSR count). The molecule has 0 aliphatic heterocycles. The number of sulfonamides is 1. The predicted molar refractivity (Wildman–Crippen MR) is 121 cm³/mol. The summed E-state index contributed by atoms with van der Waals surface area (Å²) in [5, 5.41) is 10.4. The summed E-state index contributed by atoms with van der Waals surface area (Å²) >= 11 is 0. The number of hydrogen-bond donors (Lipinski definition) is 3. The van der Waals surface area contributed by atoms with Crippen LogP contribution in [0.25, 0.3) is 22.0 Å². The Morgan fingerprint density at radius 1 is 0.900 bits per heavy atom. The van der Waals surface area contributed by atoms with Gasteiger partial charge < -0.3 is 10.1 Å². The van der Waals surface area contributed by atoms with Crippen molar-refractivity contribution in [1.82, 2.24) is 4.98 Å². The maximum atomic E-state index is 12.9. The maximum Gasteiger partial charge on any atom is 0.261 e. The van der Waals surface area contributed by atoms with Crippen LogP contribution in [0, 0.1) is 0 Å². The molecule has 1 aromatic heterocycles. The smallest absolute Gasteiger partial charge is 0.261 e. The molecule has 0 fully saturated rings. The summed E-state index contributed by atoms with van der Waals surface area (Å²) in [5.41, 5.74) is 4.28. The van der Waals surface area contributed by atoms with E-state index in [4.69, 9.17) is 0 Å². The van der Waals surface area contributed by atoms with Gasteiger partial charge in [-0.2, -0.15) is 0 Å². The summed E-state index contributed by atoms with van der Waals surface area (Å²) in [6.07, 6.45) is 1.88. The van der Waals surface area contributed by atoms with Crippen molar-refractivity contribution < 1.29 is 13.5 Å². The van der Waals surface area contributed by atoms with Gasteiger partial charge in [-0.05, 0) is 59.0 Å². The summed E-state index contributed by atoms with van der Waals surface area (Å²) in [5.74, 6) is 0.199. The fraction of sp³-hybridized carbons (Fsp3) is 0.167. The van der Waals surface area contributed by atoms with Gasteiger partial charge in [-0.3, -0.25) is 4.72 Å². The van der Waals surface area contributed by atoms with Gasteiger partial charge in [0.25, 0.3) is 10.0 Å². The van der Waals surface area contributed by atoms with Crippen molar-refractivity contribution in [3.8, 4) is 16.9 Å². The SMILES string of the molecule is CC(C)(C)c1ccc(S(=O)(=O)Nc2ccc3[nH]cc(-c4ccc(O)cc4)c3c2)cc1. The molecule has 3 aromatic carbocycles. The Balaban J connectivity index is 1.66. The standard InChI is InChI=1S/C24H24N2O3S/c1-24(2,3)17-6-11-20(12-7-17)30(28,29)26-18-8-13-23-21(14-18)22(15-25-23)16-4-9-19(27)10-5-16/h4-15,25-27H,1-3H3. The van der Waals surface area contributed by atoms with E-state index in [9.17, 15) is 13.5 Å². The van der Waals surface area contributed by atoms with Crippen LogP contribution in [0.2, 0.25) is 0 Å². The third kappa shape index (κ3) is 3.91. The first-order chi connectivity index (χ1) is 14.1. The molecule has 0 saturated carbocycles. The first kappa shape index (κ1) is 20.0. The molecule has 0 amide bonds. The van der Waals surface area contributed by atoms with Crippen LogP contribution in [0.1, 0.15) is 26.3 Å². The van der Waals surface area contributed by atoms with Crippen molar-refractivity contribution in [3.63, 3.8) is 0 Å². The van der Waals surface area contributed by atoms with Gasteiger partial charge in [-0.1, -0.05) is 45.0 Å². The minimum atomic E-state index is -3.70. The molecule has 1 heterocycles. The number of benzene rings is 3. The second-order valence-corrected chi connectivity index (χ2v) is 10.1. The Morgan fingerprint density at radius 2 is 1.57 bits per heavy atom.